The Bertz CT molecular complexity index is 1350. The fraction of sp³-hybridized carbons (Fsp3) is 0.344. The van der Waals surface area contributed by atoms with Gasteiger partial charge in [-0.25, -0.2) is 0 Å². The molecular formula is C32H36ClNO4S. The highest BCUT2D eigenvalue weighted by molar-refractivity contribution is 7.22. The highest BCUT2D eigenvalue weighted by atomic mass is 35.5. The average molecular weight is 566 g/mol. The van der Waals surface area contributed by atoms with E-state index in [1.807, 2.05) is 75.4 Å². The van der Waals surface area contributed by atoms with Crippen LogP contribution in [0.4, 0.5) is 0 Å². The van der Waals surface area contributed by atoms with Crippen molar-refractivity contribution in [2.45, 2.75) is 40.0 Å². The van der Waals surface area contributed by atoms with Crippen LogP contribution >= 0.6 is 23.7 Å². The van der Waals surface area contributed by atoms with Crippen LogP contribution in [0.5, 0.6) is 23.0 Å². The van der Waals surface area contributed by atoms with Gasteiger partial charge in [0.05, 0.1) is 5.41 Å². The quantitative estimate of drug-likeness (QED) is 0.158. The number of carbonyl (C=O) groups excluding carboxylic acids is 1. The number of ether oxygens (including phenoxy) is 3. The van der Waals surface area contributed by atoms with Gasteiger partial charge in [0, 0.05) is 16.1 Å². The number of esters is 1. The first-order valence-corrected chi connectivity index (χ1v) is 14.2. The molecule has 5 nitrogen and oxygen atoms in total. The summed E-state index contributed by atoms with van der Waals surface area (Å²) in [7, 11) is 0. The second kappa shape index (κ2) is 12.9. The first-order chi connectivity index (χ1) is 18.3. The maximum atomic E-state index is 12.7. The van der Waals surface area contributed by atoms with Gasteiger partial charge in [0.25, 0.3) is 0 Å². The predicted molar refractivity (Wildman–Crippen MR) is 162 cm³/mol. The van der Waals surface area contributed by atoms with Crippen LogP contribution in [0, 0.1) is 5.41 Å². The number of nitrogens with zero attached hydrogens (tertiary/aromatic N) is 1. The third-order valence-electron chi connectivity index (χ3n) is 6.65. The number of halogens is 1. The van der Waals surface area contributed by atoms with Crippen LogP contribution in [-0.2, 0) is 4.79 Å². The number of thiophene rings is 1. The second-order valence-electron chi connectivity index (χ2n) is 10.8. The molecule has 0 bridgehead atoms. The highest BCUT2D eigenvalue weighted by Gasteiger charge is 2.25. The lowest BCUT2D eigenvalue weighted by Crippen LogP contribution is -2.33. The molecule has 3 aromatic carbocycles. The fourth-order valence-corrected chi connectivity index (χ4v) is 5.47. The maximum absolute atomic E-state index is 12.7. The van der Waals surface area contributed by atoms with Crippen LogP contribution in [0.15, 0.2) is 72.8 Å². The normalized spacial score (nSPS) is 14.0. The van der Waals surface area contributed by atoms with E-state index >= 15 is 0 Å². The van der Waals surface area contributed by atoms with Gasteiger partial charge < -0.3 is 14.2 Å². The van der Waals surface area contributed by atoms with Gasteiger partial charge in [-0.05, 0) is 112 Å². The fourth-order valence-electron chi connectivity index (χ4n) is 4.41. The standard InChI is InChI=1S/C32H35NO4S.ClH/c1-32(2,3)31(34)37-27-16-11-24(30-22-23-9-5-6-10-29(23)38-30)21-28(27)36-26-14-12-25(13-15-26)35-20-19-33-17-7-4-8-18-33;/h5-6,9-16,21-22H,4,7-8,17-20H2,1-3H3;1H. The number of carbonyl (C=O) groups is 1. The minimum atomic E-state index is -0.630. The van der Waals surface area contributed by atoms with E-state index in [0.717, 1.165) is 22.7 Å². The van der Waals surface area contributed by atoms with E-state index in [2.05, 4.69) is 23.1 Å². The summed E-state index contributed by atoms with van der Waals surface area (Å²) in [5.74, 6) is 2.05. The molecule has 0 N–H and O–H groups in total. The topological polar surface area (TPSA) is 48.0 Å². The summed E-state index contributed by atoms with van der Waals surface area (Å²) in [5.41, 5.74) is 0.378. The van der Waals surface area contributed by atoms with Gasteiger partial charge in [-0.3, -0.25) is 9.69 Å². The van der Waals surface area contributed by atoms with Crippen LogP contribution in [-0.4, -0.2) is 37.1 Å². The van der Waals surface area contributed by atoms with Gasteiger partial charge in [0.2, 0.25) is 0 Å². The molecule has 0 unspecified atom stereocenters. The van der Waals surface area contributed by atoms with Crippen molar-refractivity contribution in [1.29, 1.82) is 0 Å². The van der Waals surface area contributed by atoms with Gasteiger partial charge >= 0.3 is 5.97 Å². The molecule has 0 radical (unpaired) electrons. The molecule has 0 atom stereocenters. The summed E-state index contributed by atoms with van der Waals surface area (Å²) in [6.45, 7) is 9.47. The number of hydrogen-bond donors (Lipinski definition) is 0. The van der Waals surface area contributed by atoms with Crippen LogP contribution in [0.1, 0.15) is 40.0 Å². The van der Waals surface area contributed by atoms with Crippen LogP contribution in [0.25, 0.3) is 20.5 Å². The molecule has 0 spiro atoms. The van der Waals surface area contributed by atoms with E-state index < -0.39 is 5.41 Å². The summed E-state index contributed by atoms with van der Waals surface area (Å²) in [4.78, 5) is 16.3. The third-order valence-corrected chi connectivity index (χ3v) is 7.81. The first-order valence-electron chi connectivity index (χ1n) is 13.3. The smallest absolute Gasteiger partial charge is 0.316 e. The molecule has 4 aromatic rings. The molecule has 206 valence electrons. The molecular weight excluding hydrogens is 530 g/mol. The van der Waals surface area contributed by atoms with Gasteiger partial charge in [0.1, 0.15) is 18.1 Å². The molecule has 2 heterocycles. The van der Waals surface area contributed by atoms with E-state index in [4.69, 9.17) is 14.2 Å². The Kier molecular flexibility index (Phi) is 9.54. The Morgan fingerprint density at radius 3 is 2.31 bits per heavy atom. The Morgan fingerprint density at radius 1 is 0.872 bits per heavy atom. The number of hydrogen-bond acceptors (Lipinski definition) is 6. The van der Waals surface area contributed by atoms with Crippen molar-refractivity contribution in [2.75, 3.05) is 26.2 Å². The molecule has 0 amide bonds. The molecule has 1 fully saturated rings. The third kappa shape index (κ3) is 7.53. The maximum Gasteiger partial charge on any atom is 0.316 e. The Labute approximate surface area is 241 Å². The van der Waals surface area contributed by atoms with E-state index in [1.165, 1.54) is 42.4 Å². The number of fused-ring (bicyclic) bond motifs is 1. The van der Waals surface area contributed by atoms with Crippen LogP contribution < -0.4 is 14.2 Å². The number of rotatable bonds is 8. The predicted octanol–water partition coefficient (Wildman–Crippen LogP) is 8.60. The molecule has 1 aliphatic rings. The average Bonchev–Trinajstić information content (AvgIpc) is 3.35. The SMILES string of the molecule is CC(C)(C)C(=O)Oc1ccc(-c2cc3ccccc3s2)cc1Oc1ccc(OCCN2CCCCC2)cc1.Cl. The lowest BCUT2D eigenvalue weighted by molar-refractivity contribution is -0.143. The zero-order valence-corrected chi connectivity index (χ0v) is 24.4. The van der Waals surface area contributed by atoms with Crippen molar-refractivity contribution in [3.63, 3.8) is 0 Å². The van der Waals surface area contributed by atoms with Gasteiger partial charge in [0.15, 0.2) is 11.5 Å². The minimum Gasteiger partial charge on any atom is -0.492 e. The van der Waals surface area contributed by atoms with E-state index in [-0.39, 0.29) is 18.4 Å². The van der Waals surface area contributed by atoms with Gasteiger partial charge in [-0.1, -0.05) is 24.6 Å². The largest absolute Gasteiger partial charge is 0.492 e. The van der Waals surface area contributed by atoms with Crippen LogP contribution in [0.2, 0.25) is 0 Å². The van der Waals surface area contributed by atoms with Crippen molar-refractivity contribution >= 4 is 39.8 Å². The second-order valence-corrected chi connectivity index (χ2v) is 11.9. The molecule has 1 aliphatic heterocycles. The van der Waals surface area contributed by atoms with Crippen molar-refractivity contribution < 1.29 is 19.0 Å². The van der Waals surface area contributed by atoms with Gasteiger partial charge in [-0.15, -0.1) is 23.7 Å². The van der Waals surface area contributed by atoms with Crippen molar-refractivity contribution in [2.24, 2.45) is 5.41 Å². The molecule has 5 rings (SSSR count). The van der Waals surface area contributed by atoms with E-state index in [1.54, 1.807) is 11.3 Å². The zero-order valence-electron chi connectivity index (χ0n) is 22.8. The summed E-state index contributed by atoms with van der Waals surface area (Å²) in [5, 5.41) is 1.20. The monoisotopic (exact) mass is 565 g/mol. The Hall–Kier alpha value is -3.06. The minimum absolute atomic E-state index is 0. The molecule has 0 saturated carbocycles. The highest BCUT2D eigenvalue weighted by Crippen LogP contribution is 2.40. The van der Waals surface area contributed by atoms with Crippen molar-refractivity contribution in [1.82, 2.24) is 4.90 Å². The van der Waals surface area contributed by atoms with Gasteiger partial charge in [-0.2, -0.15) is 0 Å². The van der Waals surface area contributed by atoms with Crippen LogP contribution in [0.3, 0.4) is 0 Å². The molecule has 1 saturated heterocycles. The summed E-state index contributed by atoms with van der Waals surface area (Å²) in [6, 6.07) is 23.9. The number of likely N-dealkylation sites (tertiary alicyclic amines) is 1. The van der Waals surface area contributed by atoms with Crippen molar-refractivity contribution in [3.8, 4) is 33.4 Å². The molecule has 1 aromatic heterocycles. The summed E-state index contributed by atoms with van der Waals surface area (Å²) in [6.07, 6.45) is 3.90. The zero-order chi connectivity index (χ0) is 26.5. The lowest BCUT2D eigenvalue weighted by Gasteiger charge is -2.26. The van der Waals surface area contributed by atoms with E-state index in [9.17, 15) is 4.79 Å². The molecule has 7 heteroatoms. The summed E-state index contributed by atoms with van der Waals surface area (Å²) >= 11 is 1.73. The number of piperidine rings is 1. The van der Waals surface area contributed by atoms with Crippen molar-refractivity contribution in [3.05, 3.63) is 72.8 Å². The molecule has 0 aliphatic carbocycles. The lowest BCUT2D eigenvalue weighted by atomic mass is 9.97. The molecule has 39 heavy (non-hydrogen) atoms. The number of benzene rings is 3. The Morgan fingerprint density at radius 2 is 1.59 bits per heavy atom. The van der Waals surface area contributed by atoms with E-state index in [0.29, 0.717) is 23.9 Å². The summed E-state index contributed by atoms with van der Waals surface area (Å²) < 4.78 is 19.2. The first kappa shape index (κ1) is 28.9. The Balaban J connectivity index is 0.00000353.